The number of fused-ring (bicyclic) bond motifs is 1. The lowest BCUT2D eigenvalue weighted by atomic mass is 9.78. The topological polar surface area (TPSA) is 63.4 Å². The van der Waals surface area contributed by atoms with Crippen molar-refractivity contribution in [1.82, 2.24) is 24.5 Å². The van der Waals surface area contributed by atoms with Crippen molar-refractivity contribution in [2.75, 3.05) is 13.1 Å². The predicted octanol–water partition coefficient (Wildman–Crippen LogP) is 3.01. The Kier molecular flexibility index (Phi) is 3.79. The second kappa shape index (κ2) is 5.90. The number of hydrogen-bond donors (Lipinski definition) is 0. The molecular weight excluding hydrogens is 326 g/mol. The van der Waals surface area contributed by atoms with Crippen molar-refractivity contribution in [3.63, 3.8) is 0 Å². The van der Waals surface area contributed by atoms with Gasteiger partial charge in [-0.25, -0.2) is 4.98 Å². The zero-order chi connectivity index (χ0) is 18.5. The Morgan fingerprint density at radius 1 is 1.15 bits per heavy atom. The van der Waals surface area contributed by atoms with Crippen LogP contribution in [0.5, 0.6) is 0 Å². The Balaban J connectivity index is 1.68. The molecule has 3 aromatic rings. The Bertz CT molecular complexity index is 977. The number of benzene rings is 1. The van der Waals surface area contributed by atoms with Gasteiger partial charge in [-0.2, -0.15) is 0 Å². The highest BCUT2D eigenvalue weighted by atomic mass is 16.2. The third kappa shape index (κ3) is 2.66. The lowest BCUT2D eigenvalue weighted by Crippen LogP contribution is -2.32. The zero-order valence-electron chi connectivity index (χ0n) is 15.6. The average Bonchev–Trinajstić information content (AvgIpc) is 3.15. The Morgan fingerprint density at radius 3 is 2.62 bits per heavy atom. The van der Waals surface area contributed by atoms with Gasteiger partial charge in [0, 0.05) is 30.4 Å². The number of carbonyl (C=O) groups excluding carboxylic acids is 1. The van der Waals surface area contributed by atoms with Gasteiger partial charge >= 0.3 is 0 Å². The molecule has 0 spiro atoms. The van der Waals surface area contributed by atoms with Crippen LogP contribution in [0.4, 0.5) is 0 Å². The van der Waals surface area contributed by atoms with Gasteiger partial charge in [-0.15, -0.1) is 10.2 Å². The highest BCUT2D eigenvalue weighted by molar-refractivity contribution is 5.91. The van der Waals surface area contributed by atoms with Gasteiger partial charge in [0.25, 0.3) is 11.7 Å². The largest absolute Gasteiger partial charge is 0.335 e. The Hall–Kier alpha value is -2.76. The summed E-state index contributed by atoms with van der Waals surface area (Å²) in [5, 5.41) is 8.25. The molecule has 0 N–H and O–H groups in total. The standard InChI is InChI=1S/C20H23N5O/c1-13-10-14(2)25-17(22-23-19(25)21-13)18(26)24-11-16(20(3,4)12-24)15-8-6-5-7-9-15/h5-10,16H,11-12H2,1-4H3. The van der Waals surface area contributed by atoms with Gasteiger partial charge in [-0.3, -0.25) is 9.20 Å². The van der Waals surface area contributed by atoms with Crippen molar-refractivity contribution in [2.24, 2.45) is 5.41 Å². The fourth-order valence-electron chi connectivity index (χ4n) is 4.04. The molecule has 3 heterocycles. The predicted molar refractivity (Wildman–Crippen MR) is 99.1 cm³/mol. The summed E-state index contributed by atoms with van der Waals surface area (Å²) >= 11 is 0. The van der Waals surface area contributed by atoms with E-state index < -0.39 is 0 Å². The molecule has 26 heavy (non-hydrogen) atoms. The number of aromatic nitrogens is 4. The number of nitrogens with zero attached hydrogens (tertiary/aromatic N) is 5. The molecule has 0 bridgehead atoms. The second-order valence-corrected chi connectivity index (χ2v) is 7.84. The van der Waals surface area contributed by atoms with Crippen molar-refractivity contribution in [3.8, 4) is 0 Å². The summed E-state index contributed by atoms with van der Waals surface area (Å²) in [7, 11) is 0. The van der Waals surface area contributed by atoms with E-state index in [9.17, 15) is 4.79 Å². The van der Waals surface area contributed by atoms with E-state index in [1.807, 2.05) is 30.9 Å². The monoisotopic (exact) mass is 349 g/mol. The van der Waals surface area contributed by atoms with E-state index in [1.165, 1.54) is 5.56 Å². The Morgan fingerprint density at radius 2 is 1.88 bits per heavy atom. The highest BCUT2D eigenvalue weighted by Gasteiger charge is 2.43. The summed E-state index contributed by atoms with van der Waals surface area (Å²) in [5.41, 5.74) is 3.06. The zero-order valence-corrected chi connectivity index (χ0v) is 15.6. The maximum Gasteiger partial charge on any atom is 0.292 e. The minimum atomic E-state index is -0.0854. The van der Waals surface area contributed by atoms with Crippen LogP contribution >= 0.6 is 0 Å². The molecule has 1 fully saturated rings. The molecule has 6 nitrogen and oxygen atoms in total. The second-order valence-electron chi connectivity index (χ2n) is 7.84. The van der Waals surface area contributed by atoms with Crippen molar-refractivity contribution >= 4 is 11.7 Å². The molecule has 1 aromatic carbocycles. The minimum absolute atomic E-state index is 0.00138. The van der Waals surface area contributed by atoms with Gasteiger partial charge in [0.2, 0.25) is 5.82 Å². The molecule has 0 radical (unpaired) electrons. The summed E-state index contributed by atoms with van der Waals surface area (Å²) in [4.78, 5) is 19.5. The molecule has 1 unspecified atom stereocenters. The van der Waals surface area contributed by atoms with Gasteiger partial charge in [-0.1, -0.05) is 44.2 Å². The van der Waals surface area contributed by atoms with Crippen LogP contribution in [0.3, 0.4) is 0 Å². The van der Waals surface area contributed by atoms with E-state index in [0.29, 0.717) is 30.6 Å². The Labute approximate surface area is 152 Å². The van der Waals surface area contributed by atoms with Gasteiger partial charge in [-0.05, 0) is 30.9 Å². The first-order valence-electron chi connectivity index (χ1n) is 8.90. The average molecular weight is 349 g/mol. The fourth-order valence-corrected chi connectivity index (χ4v) is 4.04. The summed E-state index contributed by atoms with van der Waals surface area (Å²) in [6.45, 7) is 9.67. The molecule has 0 saturated carbocycles. The number of amides is 1. The molecule has 134 valence electrons. The minimum Gasteiger partial charge on any atom is -0.335 e. The third-order valence-corrected chi connectivity index (χ3v) is 5.32. The van der Waals surface area contributed by atoms with Crippen LogP contribution in [0, 0.1) is 19.3 Å². The number of likely N-dealkylation sites (tertiary alicyclic amines) is 1. The molecule has 1 saturated heterocycles. The maximum atomic E-state index is 13.2. The first-order chi connectivity index (χ1) is 12.4. The summed E-state index contributed by atoms with van der Waals surface area (Å²) in [5.74, 6) is 1.03. The van der Waals surface area contributed by atoms with E-state index >= 15 is 0 Å². The highest BCUT2D eigenvalue weighted by Crippen LogP contribution is 2.42. The van der Waals surface area contributed by atoms with Crippen LogP contribution in [-0.2, 0) is 0 Å². The quantitative estimate of drug-likeness (QED) is 0.713. The fraction of sp³-hybridized carbons (Fsp3) is 0.400. The van der Waals surface area contributed by atoms with E-state index in [4.69, 9.17) is 0 Å². The van der Waals surface area contributed by atoms with Crippen LogP contribution in [0.15, 0.2) is 36.4 Å². The van der Waals surface area contributed by atoms with Gasteiger partial charge in [0.15, 0.2) is 0 Å². The van der Waals surface area contributed by atoms with Gasteiger partial charge in [0.05, 0.1) is 0 Å². The molecule has 2 aromatic heterocycles. The van der Waals surface area contributed by atoms with Crippen molar-refractivity contribution < 1.29 is 4.79 Å². The number of hydrogen-bond acceptors (Lipinski definition) is 4. The van der Waals surface area contributed by atoms with Gasteiger partial charge in [0.1, 0.15) is 0 Å². The van der Waals surface area contributed by atoms with Crippen molar-refractivity contribution in [3.05, 3.63) is 59.2 Å². The molecule has 4 rings (SSSR count). The van der Waals surface area contributed by atoms with E-state index in [0.717, 1.165) is 11.4 Å². The molecule has 1 aliphatic heterocycles. The smallest absolute Gasteiger partial charge is 0.292 e. The SMILES string of the molecule is Cc1cc(C)n2c(C(=O)N3CC(c4ccccc4)C(C)(C)C3)nnc2n1. The van der Waals surface area contributed by atoms with Crippen molar-refractivity contribution in [1.29, 1.82) is 0 Å². The first kappa shape index (κ1) is 16.7. The normalized spacial score (nSPS) is 19.2. The van der Waals surface area contributed by atoms with E-state index in [2.05, 4.69) is 53.3 Å². The van der Waals surface area contributed by atoms with E-state index in [1.54, 1.807) is 4.40 Å². The summed E-state index contributed by atoms with van der Waals surface area (Å²) in [6.07, 6.45) is 0. The summed E-state index contributed by atoms with van der Waals surface area (Å²) < 4.78 is 1.75. The van der Waals surface area contributed by atoms with Crippen LogP contribution in [0.1, 0.15) is 47.3 Å². The lowest BCUT2D eigenvalue weighted by Gasteiger charge is -2.25. The lowest BCUT2D eigenvalue weighted by molar-refractivity contribution is 0.0764. The first-order valence-corrected chi connectivity index (χ1v) is 8.90. The van der Waals surface area contributed by atoms with Crippen LogP contribution < -0.4 is 0 Å². The third-order valence-electron chi connectivity index (χ3n) is 5.32. The molecular formula is C20H23N5O. The maximum absolute atomic E-state index is 13.2. The van der Waals surface area contributed by atoms with Crippen LogP contribution in [0.2, 0.25) is 0 Å². The van der Waals surface area contributed by atoms with Crippen LogP contribution in [-0.4, -0.2) is 43.5 Å². The molecule has 0 aliphatic carbocycles. The van der Waals surface area contributed by atoms with E-state index in [-0.39, 0.29) is 11.3 Å². The number of carbonyl (C=O) groups is 1. The molecule has 1 amide bonds. The number of aryl methyl sites for hydroxylation is 2. The molecule has 1 aliphatic rings. The number of rotatable bonds is 2. The summed E-state index contributed by atoms with van der Waals surface area (Å²) in [6, 6.07) is 12.4. The van der Waals surface area contributed by atoms with Crippen LogP contribution in [0.25, 0.3) is 5.78 Å². The molecule has 6 heteroatoms. The molecule has 1 atom stereocenters. The van der Waals surface area contributed by atoms with Gasteiger partial charge < -0.3 is 4.90 Å². The van der Waals surface area contributed by atoms with Crippen molar-refractivity contribution in [2.45, 2.75) is 33.6 Å².